The van der Waals surface area contributed by atoms with Gasteiger partial charge < -0.3 is 4.98 Å². The molecular formula is C23H23N5. The fraction of sp³-hybridized carbons (Fsp3) is 0.261. The van der Waals surface area contributed by atoms with E-state index in [0.717, 1.165) is 42.8 Å². The van der Waals surface area contributed by atoms with E-state index in [1.165, 1.54) is 23.2 Å². The van der Waals surface area contributed by atoms with E-state index < -0.39 is 0 Å². The van der Waals surface area contributed by atoms with Gasteiger partial charge in [-0.3, -0.25) is 14.9 Å². The number of hydrogen-bond donors (Lipinski definition) is 1. The number of pyridine rings is 2. The molecule has 1 atom stereocenters. The zero-order chi connectivity index (χ0) is 18.8. The number of nitrogens with zero attached hydrogens (tertiary/aromatic N) is 4. The van der Waals surface area contributed by atoms with Crippen molar-refractivity contribution in [3.63, 3.8) is 0 Å². The molecule has 5 heteroatoms. The Hall–Kier alpha value is -3.05. The topological polar surface area (TPSA) is 57.7 Å². The predicted molar refractivity (Wildman–Crippen MR) is 109 cm³/mol. The van der Waals surface area contributed by atoms with E-state index >= 15 is 0 Å². The van der Waals surface area contributed by atoms with Gasteiger partial charge in [0.05, 0.1) is 29.3 Å². The third-order valence-electron chi connectivity index (χ3n) is 5.51. The van der Waals surface area contributed by atoms with Crippen molar-refractivity contribution in [2.45, 2.75) is 38.4 Å². The van der Waals surface area contributed by atoms with Gasteiger partial charge >= 0.3 is 0 Å². The molecule has 3 aromatic heterocycles. The van der Waals surface area contributed by atoms with E-state index in [0.29, 0.717) is 6.04 Å². The Morgan fingerprint density at radius 3 is 2.82 bits per heavy atom. The summed E-state index contributed by atoms with van der Waals surface area (Å²) in [6.07, 6.45) is 9.11. The standard InChI is InChI=1S/C23H23N5/c1-2-10-20-19(9-1)26-22(27-20)16-28(15-17-6-4-12-24-14-17)21-11-3-7-18-8-5-13-25-23(18)21/h1-2,4-6,8-10,12-14,21H,3,7,11,15-16H2,(H,26,27). The fourth-order valence-corrected chi connectivity index (χ4v) is 4.22. The minimum Gasteiger partial charge on any atom is -0.341 e. The Bertz CT molecular complexity index is 1040. The molecular weight excluding hydrogens is 346 g/mol. The normalized spacial score (nSPS) is 16.4. The van der Waals surface area contributed by atoms with Crippen molar-refractivity contribution in [1.29, 1.82) is 0 Å². The number of hydrogen-bond acceptors (Lipinski definition) is 4. The Morgan fingerprint density at radius 1 is 1.00 bits per heavy atom. The van der Waals surface area contributed by atoms with E-state index in [4.69, 9.17) is 9.97 Å². The van der Waals surface area contributed by atoms with Crippen LogP contribution in [0.3, 0.4) is 0 Å². The van der Waals surface area contributed by atoms with E-state index in [2.05, 4.69) is 39.1 Å². The minimum absolute atomic E-state index is 0.290. The first-order valence-corrected chi connectivity index (χ1v) is 9.87. The van der Waals surface area contributed by atoms with Crippen molar-refractivity contribution in [1.82, 2.24) is 24.8 Å². The number of aryl methyl sites for hydroxylation is 1. The molecule has 0 amide bonds. The molecule has 1 aliphatic carbocycles. The van der Waals surface area contributed by atoms with Crippen molar-refractivity contribution in [2.75, 3.05) is 0 Å². The van der Waals surface area contributed by atoms with Crippen LogP contribution in [0, 0.1) is 0 Å². The molecule has 1 unspecified atom stereocenters. The Balaban J connectivity index is 1.50. The number of imidazole rings is 1. The second-order valence-corrected chi connectivity index (χ2v) is 7.42. The van der Waals surface area contributed by atoms with Crippen molar-refractivity contribution in [3.8, 4) is 0 Å². The van der Waals surface area contributed by atoms with Gasteiger partial charge in [0.2, 0.25) is 0 Å². The third-order valence-corrected chi connectivity index (χ3v) is 5.51. The molecule has 5 nitrogen and oxygen atoms in total. The molecule has 0 aliphatic heterocycles. The minimum atomic E-state index is 0.290. The van der Waals surface area contributed by atoms with Crippen LogP contribution >= 0.6 is 0 Å². The average Bonchev–Trinajstić information content (AvgIpc) is 3.16. The molecule has 0 fully saturated rings. The molecule has 5 rings (SSSR count). The van der Waals surface area contributed by atoms with E-state index in [1.807, 2.05) is 42.9 Å². The Morgan fingerprint density at radius 2 is 1.93 bits per heavy atom. The molecule has 3 heterocycles. The summed E-state index contributed by atoms with van der Waals surface area (Å²) in [6.45, 7) is 1.58. The van der Waals surface area contributed by atoms with Gasteiger partial charge in [-0.25, -0.2) is 4.98 Å². The van der Waals surface area contributed by atoms with Gasteiger partial charge in [0.15, 0.2) is 0 Å². The van der Waals surface area contributed by atoms with Crippen LogP contribution < -0.4 is 0 Å². The molecule has 0 saturated carbocycles. The van der Waals surface area contributed by atoms with Crippen LogP contribution in [-0.2, 0) is 19.5 Å². The maximum atomic E-state index is 4.81. The van der Waals surface area contributed by atoms with Gasteiger partial charge in [-0.1, -0.05) is 24.3 Å². The summed E-state index contributed by atoms with van der Waals surface area (Å²) in [7, 11) is 0. The summed E-state index contributed by atoms with van der Waals surface area (Å²) in [6, 6.07) is 16.9. The largest absolute Gasteiger partial charge is 0.341 e. The number of fused-ring (bicyclic) bond motifs is 2. The summed E-state index contributed by atoms with van der Waals surface area (Å²) in [5, 5.41) is 0. The molecule has 1 N–H and O–H groups in total. The smallest absolute Gasteiger partial charge is 0.121 e. The van der Waals surface area contributed by atoms with Crippen LogP contribution in [-0.4, -0.2) is 24.8 Å². The van der Waals surface area contributed by atoms with Gasteiger partial charge in [0.25, 0.3) is 0 Å². The van der Waals surface area contributed by atoms with Gasteiger partial charge in [0.1, 0.15) is 5.82 Å². The first-order chi connectivity index (χ1) is 13.9. The highest BCUT2D eigenvalue weighted by molar-refractivity contribution is 5.74. The molecule has 28 heavy (non-hydrogen) atoms. The molecule has 0 bridgehead atoms. The lowest BCUT2D eigenvalue weighted by Crippen LogP contribution is -2.31. The summed E-state index contributed by atoms with van der Waals surface area (Å²) >= 11 is 0. The lowest BCUT2D eigenvalue weighted by molar-refractivity contribution is 0.153. The summed E-state index contributed by atoms with van der Waals surface area (Å²) in [5.74, 6) is 0.994. The van der Waals surface area contributed by atoms with Crippen molar-refractivity contribution in [3.05, 3.63) is 89.8 Å². The molecule has 0 radical (unpaired) electrons. The van der Waals surface area contributed by atoms with Gasteiger partial charge in [-0.2, -0.15) is 0 Å². The number of para-hydroxylation sites is 2. The monoisotopic (exact) mass is 369 g/mol. The summed E-state index contributed by atoms with van der Waals surface area (Å²) < 4.78 is 0. The molecule has 0 saturated heterocycles. The third kappa shape index (κ3) is 3.41. The fourth-order valence-electron chi connectivity index (χ4n) is 4.22. The van der Waals surface area contributed by atoms with Crippen molar-refractivity contribution >= 4 is 11.0 Å². The second kappa shape index (κ2) is 7.52. The van der Waals surface area contributed by atoms with Crippen molar-refractivity contribution in [2.24, 2.45) is 0 Å². The van der Waals surface area contributed by atoms with Crippen molar-refractivity contribution < 1.29 is 0 Å². The maximum absolute atomic E-state index is 4.81. The Kier molecular flexibility index (Phi) is 4.59. The summed E-state index contributed by atoms with van der Waals surface area (Å²) in [5.41, 5.74) is 5.90. The quantitative estimate of drug-likeness (QED) is 0.565. The van der Waals surface area contributed by atoms with E-state index in [-0.39, 0.29) is 0 Å². The van der Waals surface area contributed by atoms with Crippen LogP contribution in [0.25, 0.3) is 11.0 Å². The molecule has 140 valence electrons. The zero-order valence-electron chi connectivity index (χ0n) is 15.8. The number of H-pyrrole nitrogens is 1. The average molecular weight is 369 g/mol. The van der Waals surface area contributed by atoms with Crippen LogP contribution in [0.4, 0.5) is 0 Å². The van der Waals surface area contributed by atoms with Crippen LogP contribution in [0.5, 0.6) is 0 Å². The van der Waals surface area contributed by atoms with Gasteiger partial charge in [-0.05, 0) is 54.7 Å². The SMILES string of the molecule is c1cncc(CN(Cc2nc3ccccc3[nH]2)C2CCCc3cccnc32)c1. The summed E-state index contributed by atoms with van der Waals surface area (Å²) in [4.78, 5) is 19.8. The molecule has 4 aromatic rings. The Labute approximate surface area is 164 Å². The van der Waals surface area contributed by atoms with Crippen LogP contribution in [0.2, 0.25) is 0 Å². The number of aromatic amines is 1. The number of nitrogens with one attached hydrogen (secondary N) is 1. The van der Waals surface area contributed by atoms with Gasteiger partial charge in [0, 0.05) is 25.1 Å². The highest BCUT2D eigenvalue weighted by atomic mass is 15.2. The lowest BCUT2D eigenvalue weighted by Gasteiger charge is -2.34. The van der Waals surface area contributed by atoms with Gasteiger partial charge in [-0.15, -0.1) is 0 Å². The maximum Gasteiger partial charge on any atom is 0.121 e. The first-order valence-electron chi connectivity index (χ1n) is 9.87. The highest BCUT2D eigenvalue weighted by Crippen LogP contribution is 2.34. The van der Waals surface area contributed by atoms with Crippen LogP contribution in [0.15, 0.2) is 67.1 Å². The zero-order valence-corrected chi connectivity index (χ0v) is 15.8. The van der Waals surface area contributed by atoms with E-state index in [9.17, 15) is 0 Å². The highest BCUT2D eigenvalue weighted by Gasteiger charge is 2.28. The first kappa shape index (κ1) is 17.1. The van der Waals surface area contributed by atoms with E-state index in [1.54, 1.807) is 0 Å². The predicted octanol–water partition coefficient (Wildman–Crippen LogP) is 4.43. The molecule has 1 aliphatic rings. The molecule has 0 spiro atoms. The number of aromatic nitrogens is 4. The number of rotatable bonds is 5. The van der Waals surface area contributed by atoms with Crippen LogP contribution in [0.1, 0.15) is 41.5 Å². The lowest BCUT2D eigenvalue weighted by atomic mass is 9.90. The molecule has 1 aromatic carbocycles. The second-order valence-electron chi connectivity index (χ2n) is 7.42. The number of benzene rings is 1.